The maximum Gasteiger partial charge on any atom is 0.679 e. The van der Waals surface area contributed by atoms with Crippen molar-refractivity contribution in [2.45, 2.75) is 105 Å². The van der Waals surface area contributed by atoms with Crippen molar-refractivity contribution in [3.05, 3.63) is 0 Å². The second-order valence-corrected chi connectivity index (χ2v) is 20.2. The molecule has 57 heavy (non-hydrogen) atoms. The first-order valence-electron chi connectivity index (χ1n) is 21.0. The van der Waals surface area contributed by atoms with Crippen molar-refractivity contribution in [1.29, 1.82) is 0 Å². The first kappa shape index (κ1) is 56.6. The van der Waals surface area contributed by atoms with Gasteiger partial charge in [-0.2, -0.15) is 0 Å². The Hall–Kier alpha value is -0.423. The minimum atomic E-state index is -3.88. The van der Waals surface area contributed by atoms with E-state index < -0.39 is 9.05 Å². The number of nitrogens with zero attached hydrogens (tertiary/aromatic N) is 4. The Bertz CT molecular complexity index is 798. The molecule has 17 heteroatoms. The van der Waals surface area contributed by atoms with Gasteiger partial charge < -0.3 is 57.1 Å². The van der Waals surface area contributed by atoms with Crippen LogP contribution in [0.15, 0.2) is 0 Å². The molecule has 0 fully saturated rings. The first-order valence-corrected chi connectivity index (χ1v) is 22.6. The lowest BCUT2D eigenvalue weighted by Gasteiger charge is -2.33. The minimum Gasteiger partial charge on any atom is -0.395 e. The molecule has 0 aliphatic heterocycles. The van der Waals surface area contributed by atoms with Gasteiger partial charge in [0.2, 0.25) is 0 Å². The number of aliphatic hydroxyl groups excluding tert-OH is 4. The van der Waals surface area contributed by atoms with Gasteiger partial charge in [-0.1, -0.05) is 0 Å². The summed E-state index contributed by atoms with van der Waals surface area (Å²) in [4.78, 5) is 8.28. The highest BCUT2D eigenvalue weighted by molar-refractivity contribution is 6.53. The standard InChI is InChI=1S/C40H88N4O12Si/c1-37(2,3)49-29-17-41(13-25-45)21-33-53-57(54-34-22-42(14-26-46)18-30-50-38(4,5)6,55-35-23-43(15-27-47)19-31-51-39(7,8)9)56-36-24-44(16-28-48)20-32-52-40(10,11)12/h45-48H,13-36H2,1-12H3. The molecule has 0 bridgehead atoms. The molecule has 0 aliphatic carbocycles. The van der Waals surface area contributed by atoms with E-state index in [1.165, 1.54) is 0 Å². The van der Waals surface area contributed by atoms with Gasteiger partial charge >= 0.3 is 9.05 Å². The zero-order valence-corrected chi connectivity index (χ0v) is 39.3. The van der Waals surface area contributed by atoms with Crippen molar-refractivity contribution in [1.82, 2.24) is 19.6 Å². The molecule has 0 atom stereocenters. The summed E-state index contributed by atoms with van der Waals surface area (Å²) in [5.41, 5.74) is -1.14. The highest BCUT2D eigenvalue weighted by Gasteiger charge is 2.46. The Morgan fingerprint density at radius 2 is 0.474 bits per heavy atom. The summed E-state index contributed by atoms with van der Waals surface area (Å²) >= 11 is 0. The van der Waals surface area contributed by atoms with Crippen molar-refractivity contribution >= 4 is 9.05 Å². The second kappa shape index (κ2) is 30.6. The third kappa shape index (κ3) is 34.9. The van der Waals surface area contributed by atoms with Gasteiger partial charge in [-0.15, -0.1) is 0 Å². The summed E-state index contributed by atoms with van der Waals surface area (Å²) in [6, 6.07) is 0. The van der Waals surface area contributed by atoms with Crippen molar-refractivity contribution < 1.29 is 57.1 Å². The van der Waals surface area contributed by atoms with Gasteiger partial charge in [0.05, 0.1) is 102 Å². The van der Waals surface area contributed by atoms with Gasteiger partial charge in [-0.05, 0) is 83.1 Å². The Labute approximate surface area is 348 Å². The van der Waals surface area contributed by atoms with Crippen LogP contribution < -0.4 is 0 Å². The van der Waals surface area contributed by atoms with Gasteiger partial charge in [0.1, 0.15) is 0 Å². The quantitative estimate of drug-likeness (QED) is 0.0676. The van der Waals surface area contributed by atoms with Gasteiger partial charge in [0.15, 0.2) is 0 Å². The molecule has 0 saturated heterocycles. The Morgan fingerprint density at radius 1 is 0.298 bits per heavy atom. The van der Waals surface area contributed by atoms with E-state index in [9.17, 15) is 20.4 Å². The molecular weight excluding hydrogens is 757 g/mol. The number of ether oxygens (including phenoxy) is 4. The minimum absolute atomic E-state index is 0.0134. The average molecular weight is 845 g/mol. The molecular formula is C40H88N4O12Si. The van der Waals surface area contributed by atoms with Crippen LogP contribution in [0.5, 0.6) is 0 Å². The predicted octanol–water partition coefficient (Wildman–Crippen LogP) is 1.93. The summed E-state index contributed by atoms with van der Waals surface area (Å²) in [7, 11) is -3.88. The predicted molar refractivity (Wildman–Crippen MR) is 226 cm³/mol. The molecule has 0 aliphatic rings. The molecule has 16 nitrogen and oxygen atoms in total. The van der Waals surface area contributed by atoms with E-state index >= 15 is 0 Å². The molecule has 0 aromatic carbocycles. The fourth-order valence-electron chi connectivity index (χ4n) is 5.28. The van der Waals surface area contributed by atoms with Crippen molar-refractivity contribution in [2.24, 2.45) is 0 Å². The fraction of sp³-hybridized carbons (Fsp3) is 1.00. The maximum absolute atomic E-state index is 9.83. The van der Waals surface area contributed by atoms with Crippen LogP contribution in [0, 0.1) is 0 Å². The summed E-state index contributed by atoms with van der Waals surface area (Å²) < 4.78 is 50.2. The lowest BCUT2D eigenvalue weighted by Crippen LogP contribution is -2.54. The molecule has 0 amide bonds. The molecule has 4 N–H and O–H groups in total. The third-order valence-corrected chi connectivity index (χ3v) is 10.4. The van der Waals surface area contributed by atoms with Crippen molar-refractivity contribution in [3.8, 4) is 0 Å². The van der Waals surface area contributed by atoms with Crippen molar-refractivity contribution in [3.63, 3.8) is 0 Å². The monoisotopic (exact) mass is 845 g/mol. The van der Waals surface area contributed by atoms with E-state index in [4.69, 9.17) is 36.7 Å². The zero-order chi connectivity index (χ0) is 43.4. The van der Waals surface area contributed by atoms with Crippen molar-refractivity contribution in [2.75, 3.05) is 158 Å². The molecule has 0 heterocycles. The number of rotatable bonds is 36. The lowest BCUT2D eigenvalue weighted by molar-refractivity contribution is -0.0548. The van der Waals surface area contributed by atoms with Crippen LogP contribution in [-0.2, 0) is 36.7 Å². The number of hydrogen-bond acceptors (Lipinski definition) is 16. The van der Waals surface area contributed by atoms with Crippen LogP contribution in [0.4, 0.5) is 0 Å². The zero-order valence-electron chi connectivity index (χ0n) is 38.3. The fourth-order valence-corrected chi connectivity index (χ4v) is 7.15. The van der Waals surface area contributed by atoms with Crippen LogP contribution in [-0.4, -0.2) is 229 Å². The molecule has 0 rings (SSSR count). The molecule has 344 valence electrons. The van der Waals surface area contributed by atoms with E-state index in [-0.39, 0.29) is 75.3 Å². The van der Waals surface area contributed by atoms with Crippen LogP contribution in [0.1, 0.15) is 83.1 Å². The van der Waals surface area contributed by atoms with Crippen LogP contribution >= 0.6 is 0 Å². The molecule has 0 aromatic heterocycles. The average Bonchev–Trinajstić information content (AvgIpc) is 3.06. The summed E-state index contributed by atoms with van der Waals surface area (Å²) in [6.07, 6.45) is 0. The summed E-state index contributed by atoms with van der Waals surface area (Å²) in [5.74, 6) is 0. The second-order valence-electron chi connectivity index (χ2n) is 18.0. The van der Waals surface area contributed by atoms with E-state index in [1.807, 2.05) is 83.1 Å². The van der Waals surface area contributed by atoms with Gasteiger partial charge in [0.25, 0.3) is 0 Å². The molecule has 0 saturated carbocycles. The molecule has 0 aromatic rings. The van der Waals surface area contributed by atoms with E-state index in [0.29, 0.717) is 105 Å². The van der Waals surface area contributed by atoms with E-state index in [1.54, 1.807) is 0 Å². The van der Waals surface area contributed by atoms with Gasteiger partial charge in [-0.3, -0.25) is 19.6 Å². The smallest absolute Gasteiger partial charge is 0.395 e. The molecule has 0 unspecified atom stereocenters. The Morgan fingerprint density at radius 3 is 0.632 bits per heavy atom. The van der Waals surface area contributed by atoms with Gasteiger partial charge in [-0.25, -0.2) is 0 Å². The SMILES string of the molecule is CC(C)(C)OCCN(CCO)CCO[Si](OCCN(CCO)CCOC(C)(C)C)(OCCN(CCO)CCOC(C)(C)C)OCCN(CCO)CCOC(C)(C)C. The van der Waals surface area contributed by atoms with Crippen LogP contribution in [0.2, 0.25) is 0 Å². The van der Waals surface area contributed by atoms with E-state index in [0.717, 1.165) is 0 Å². The number of hydrogen-bond donors (Lipinski definition) is 4. The normalized spacial score (nSPS) is 13.7. The molecule has 0 spiro atoms. The largest absolute Gasteiger partial charge is 0.679 e. The summed E-state index contributed by atoms with van der Waals surface area (Å²) in [5, 5.41) is 39.3. The highest BCUT2D eigenvalue weighted by atomic mass is 28.4. The number of aliphatic hydroxyl groups is 4. The lowest BCUT2D eigenvalue weighted by atomic mass is 10.2. The Balaban J connectivity index is 6.31. The summed E-state index contributed by atoms with van der Waals surface area (Å²) in [6.45, 7) is 33.0. The maximum atomic E-state index is 9.83. The van der Waals surface area contributed by atoms with E-state index in [2.05, 4.69) is 19.6 Å². The van der Waals surface area contributed by atoms with Crippen LogP contribution in [0.3, 0.4) is 0 Å². The first-order chi connectivity index (χ1) is 26.6. The van der Waals surface area contributed by atoms with Crippen LogP contribution in [0.25, 0.3) is 0 Å². The Kier molecular flexibility index (Phi) is 30.4. The third-order valence-electron chi connectivity index (χ3n) is 8.18. The highest BCUT2D eigenvalue weighted by Crippen LogP contribution is 2.15. The van der Waals surface area contributed by atoms with Gasteiger partial charge in [0, 0.05) is 78.5 Å². The molecule has 0 radical (unpaired) electrons. The topological polar surface area (TPSA) is 168 Å².